The summed E-state index contributed by atoms with van der Waals surface area (Å²) in [5.41, 5.74) is 0. The van der Waals surface area contributed by atoms with Crippen LogP contribution in [0.4, 0.5) is 0 Å². The molecule has 0 radical (unpaired) electrons. The molecule has 1 aromatic carbocycles. The molecular formula is C17H22N4OS. The van der Waals surface area contributed by atoms with Gasteiger partial charge in [-0.05, 0) is 19.1 Å². The Bertz CT molecular complexity index is 658. The number of benzene rings is 1. The Kier molecular flexibility index (Phi) is 5.03. The first kappa shape index (κ1) is 16.1. The van der Waals surface area contributed by atoms with Gasteiger partial charge in [-0.25, -0.2) is 4.98 Å². The van der Waals surface area contributed by atoms with Gasteiger partial charge in [-0.1, -0.05) is 18.2 Å². The fraction of sp³-hybridized carbons (Fsp3) is 0.412. The van der Waals surface area contributed by atoms with Crippen molar-refractivity contribution in [3.8, 4) is 0 Å². The molecule has 23 heavy (non-hydrogen) atoms. The molecular weight excluding hydrogens is 308 g/mol. The van der Waals surface area contributed by atoms with Gasteiger partial charge in [0.2, 0.25) is 5.91 Å². The fourth-order valence-electron chi connectivity index (χ4n) is 2.88. The number of carbonyl (C=O) groups excluding carboxylic acids is 1. The first-order chi connectivity index (χ1) is 11.2. The number of nitrogens with zero attached hydrogens (tertiary/aromatic N) is 3. The average Bonchev–Trinajstić information content (AvgIpc) is 3.01. The lowest BCUT2D eigenvalue weighted by atomic mass is 10.1. The largest absolute Gasteiger partial charge is 0.336 e. The Labute approximate surface area is 141 Å². The summed E-state index contributed by atoms with van der Waals surface area (Å²) in [6.45, 7) is 4.28. The fourth-order valence-corrected chi connectivity index (χ4v) is 3.84. The van der Waals surface area contributed by atoms with Crippen molar-refractivity contribution in [3.63, 3.8) is 0 Å². The highest BCUT2D eigenvalue weighted by Gasteiger charge is 2.32. The molecule has 2 aromatic rings. The Morgan fingerprint density at radius 2 is 2.17 bits per heavy atom. The maximum Gasteiger partial charge on any atom is 0.236 e. The molecule has 1 N–H and O–H groups in total. The summed E-state index contributed by atoms with van der Waals surface area (Å²) in [6.07, 6.45) is 3.71. The van der Waals surface area contributed by atoms with Crippen molar-refractivity contribution in [2.24, 2.45) is 7.05 Å². The van der Waals surface area contributed by atoms with Gasteiger partial charge in [0, 0.05) is 44.0 Å². The Morgan fingerprint density at radius 3 is 2.87 bits per heavy atom. The van der Waals surface area contributed by atoms with Crippen LogP contribution in [0.3, 0.4) is 0 Å². The minimum absolute atomic E-state index is 0.00456. The lowest BCUT2D eigenvalue weighted by Gasteiger charge is -2.37. The minimum Gasteiger partial charge on any atom is -0.336 e. The number of nitrogens with one attached hydrogen (secondary N) is 1. The van der Waals surface area contributed by atoms with Crippen LogP contribution in [0.25, 0.3) is 0 Å². The van der Waals surface area contributed by atoms with Crippen molar-refractivity contribution < 1.29 is 4.79 Å². The molecule has 1 aliphatic heterocycles. The Balaban J connectivity index is 1.75. The predicted octanol–water partition coefficient (Wildman–Crippen LogP) is 2.07. The van der Waals surface area contributed by atoms with Gasteiger partial charge >= 0.3 is 0 Å². The topological polar surface area (TPSA) is 50.2 Å². The smallest absolute Gasteiger partial charge is 0.236 e. The molecule has 6 heteroatoms. The molecule has 1 aliphatic rings. The third-order valence-electron chi connectivity index (χ3n) is 4.09. The van der Waals surface area contributed by atoms with Crippen molar-refractivity contribution in [3.05, 3.63) is 48.5 Å². The van der Waals surface area contributed by atoms with Gasteiger partial charge in [0.25, 0.3) is 0 Å². The SMILES string of the molecule is CC(Sc1ccccc1)C(=O)N1CCNCC1c1nccn1C. The standard InChI is InChI=1S/C17H22N4OS/c1-13(23-14-6-4-3-5-7-14)17(22)21-11-8-18-12-15(21)16-19-9-10-20(16)2/h3-7,9-10,13,15,18H,8,11-12H2,1-2H3. The highest BCUT2D eigenvalue weighted by molar-refractivity contribution is 8.00. The zero-order valence-electron chi connectivity index (χ0n) is 13.5. The van der Waals surface area contributed by atoms with Crippen LogP contribution in [-0.4, -0.2) is 45.2 Å². The predicted molar refractivity (Wildman–Crippen MR) is 92.3 cm³/mol. The van der Waals surface area contributed by atoms with Gasteiger partial charge in [0.05, 0.1) is 5.25 Å². The number of rotatable bonds is 4. The molecule has 0 spiro atoms. The first-order valence-electron chi connectivity index (χ1n) is 7.87. The molecule has 0 saturated carbocycles. The quantitative estimate of drug-likeness (QED) is 0.872. The van der Waals surface area contributed by atoms with Gasteiger partial charge in [0.1, 0.15) is 11.9 Å². The second kappa shape index (κ2) is 7.19. The zero-order chi connectivity index (χ0) is 16.2. The number of thioether (sulfide) groups is 1. The summed E-state index contributed by atoms with van der Waals surface area (Å²) in [6, 6.07) is 10.1. The normalized spacial score (nSPS) is 19.6. The number of aryl methyl sites for hydroxylation is 1. The minimum atomic E-state index is -0.113. The lowest BCUT2D eigenvalue weighted by Crippen LogP contribution is -2.51. The van der Waals surface area contributed by atoms with Crippen molar-refractivity contribution in [1.29, 1.82) is 0 Å². The van der Waals surface area contributed by atoms with E-state index in [0.717, 1.165) is 30.4 Å². The molecule has 0 bridgehead atoms. The van der Waals surface area contributed by atoms with E-state index < -0.39 is 0 Å². The summed E-state index contributed by atoms with van der Waals surface area (Å²) in [4.78, 5) is 20.5. The van der Waals surface area contributed by atoms with Crippen LogP contribution in [0, 0.1) is 0 Å². The summed E-state index contributed by atoms with van der Waals surface area (Å²) in [5, 5.41) is 3.26. The molecule has 1 amide bonds. The number of aromatic nitrogens is 2. The van der Waals surface area contributed by atoms with Crippen LogP contribution in [0.5, 0.6) is 0 Å². The van der Waals surface area contributed by atoms with Crippen LogP contribution in [-0.2, 0) is 11.8 Å². The Morgan fingerprint density at radius 1 is 1.39 bits per heavy atom. The molecule has 2 atom stereocenters. The van der Waals surface area contributed by atoms with E-state index in [4.69, 9.17) is 0 Å². The summed E-state index contributed by atoms with van der Waals surface area (Å²) in [5.74, 6) is 1.11. The maximum absolute atomic E-state index is 13.0. The number of imidazole rings is 1. The van der Waals surface area contributed by atoms with E-state index in [0.29, 0.717) is 0 Å². The molecule has 0 aliphatic carbocycles. The van der Waals surface area contributed by atoms with E-state index in [1.165, 1.54) is 0 Å². The highest BCUT2D eigenvalue weighted by atomic mass is 32.2. The van der Waals surface area contributed by atoms with Crippen LogP contribution in [0.2, 0.25) is 0 Å². The lowest BCUT2D eigenvalue weighted by molar-refractivity contribution is -0.133. The second-order valence-electron chi connectivity index (χ2n) is 5.72. The number of hydrogen-bond acceptors (Lipinski definition) is 4. The molecule has 5 nitrogen and oxygen atoms in total. The summed E-state index contributed by atoms with van der Waals surface area (Å²) in [7, 11) is 1.97. The van der Waals surface area contributed by atoms with Crippen molar-refractivity contribution in [2.45, 2.75) is 23.1 Å². The van der Waals surface area contributed by atoms with Gasteiger partial charge < -0.3 is 14.8 Å². The van der Waals surface area contributed by atoms with Crippen molar-refractivity contribution in [2.75, 3.05) is 19.6 Å². The van der Waals surface area contributed by atoms with Crippen LogP contribution in [0.1, 0.15) is 18.8 Å². The molecule has 3 rings (SSSR count). The first-order valence-corrected chi connectivity index (χ1v) is 8.75. The Hall–Kier alpha value is -1.79. The van der Waals surface area contributed by atoms with Crippen molar-refractivity contribution in [1.82, 2.24) is 19.8 Å². The van der Waals surface area contributed by atoms with Crippen LogP contribution >= 0.6 is 11.8 Å². The van der Waals surface area contributed by atoms with Crippen molar-refractivity contribution >= 4 is 17.7 Å². The highest BCUT2D eigenvalue weighted by Crippen LogP contribution is 2.28. The second-order valence-corrected chi connectivity index (χ2v) is 7.14. The van der Waals surface area contributed by atoms with E-state index in [2.05, 4.69) is 10.3 Å². The number of piperazine rings is 1. The van der Waals surface area contributed by atoms with Gasteiger partial charge in [0.15, 0.2) is 0 Å². The monoisotopic (exact) mass is 330 g/mol. The number of amides is 1. The molecule has 2 heterocycles. The number of carbonyl (C=O) groups is 1. The molecule has 122 valence electrons. The third-order valence-corrected chi connectivity index (χ3v) is 5.19. The van der Waals surface area contributed by atoms with Crippen LogP contribution < -0.4 is 5.32 Å². The van der Waals surface area contributed by atoms with Crippen LogP contribution in [0.15, 0.2) is 47.6 Å². The third kappa shape index (κ3) is 3.59. The summed E-state index contributed by atoms with van der Waals surface area (Å²) < 4.78 is 1.99. The summed E-state index contributed by atoms with van der Waals surface area (Å²) >= 11 is 1.61. The zero-order valence-corrected chi connectivity index (χ0v) is 14.3. The van der Waals surface area contributed by atoms with E-state index in [1.807, 2.05) is 60.0 Å². The van der Waals surface area contributed by atoms with E-state index in [9.17, 15) is 4.79 Å². The van der Waals surface area contributed by atoms with E-state index in [-0.39, 0.29) is 17.2 Å². The van der Waals surface area contributed by atoms with Gasteiger partial charge in [-0.15, -0.1) is 11.8 Å². The van der Waals surface area contributed by atoms with Gasteiger partial charge in [-0.2, -0.15) is 0 Å². The number of hydrogen-bond donors (Lipinski definition) is 1. The van der Waals surface area contributed by atoms with Gasteiger partial charge in [-0.3, -0.25) is 4.79 Å². The molecule has 1 aromatic heterocycles. The average molecular weight is 330 g/mol. The molecule has 1 saturated heterocycles. The molecule has 1 fully saturated rings. The van der Waals surface area contributed by atoms with E-state index in [1.54, 1.807) is 18.0 Å². The molecule has 2 unspecified atom stereocenters. The van der Waals surface area contributed by atoms with E-state index >= 15 is 0 Å². The maximum atomic E-state index is 13.0.